The minimum absolute atomic E-state index is 0.00744. The van der Waals surface area contributed by atoms with Gasteiger partial charge in [0.2, 0.25) is 0 Å². The summed E-state index contributed by atoms with van der Waals surface area (Å²) in [4.78, 5) is 29.8. The molecule has 0 saturated carbocycles. The molecule has 3 fully saturated rings. The molecule has 1 N–H and O–H groups in total. The Labute approximate surface area is 251 Å². The highest BCUT2D eigenvalue weighted by atomic mass is 19.1. The van der Waals surface area contributed by atoms with Gasteiger partial charge in [0, 0.05) is 31.3 Å². The standard InChI is InChI=1S/C32H32F3N5O4/c1-2-22-25(34)5-4-18-10-20(41)11-23(26(18)22)28-27(35)29-24(13-36-28)30(39-8-9-43-16-21(42)15-39)38-31(37-29)44-17-32-6-3-7-40(32)14-19(33)12-32/h4-5,10-11,13,19,41H,2-3,6-9,12,14-17H2,1H3/t19-,32+/m1/s1. The fourth-order valence-electron chi connectivity index (χ4n) is 7.07. The van der Waals surface area contributed by atoms with E-state index in [1.807, 2.05) is 0 Å². The van der Waals surface area contributed by atoms with E-state index in [4.69, 9.17) is 9.47 Å². The number of ether oxygens (including phenoxy) is 2. The lowest BCUT2D eigenvalue weighted by atomic mass is 9.94. The average Bonchev–Trinajstić information content (AvgIpc) is 3.43. The van der Waals surface area contributed by atoms with E-state index in [0.717, 1.165) is 19.4 Å². The number of halogens is 3. The Morgan fingerprint density at radius 2 is 2.07 bits per heavy atom. The monoisotopic (exact) mass is 607 g/mol. The van der Waals surface area contributed by atoms with Crippen LogP contribution in [0.4, 0.5) is 19.0 Å². The van der Waals surface area contributed by atoms with Gasteiger partial charge in [-0.25, -0.2) is 13.2 Å². The minimum Gasteiger partial charge on any atom is -0.508 e. The Balaban J connectivity index is 1.38. The lowest BCUT2D eigenvalue weighted by Crippen LogP contribution is -2.43. The summed E-state index contributed by atoms with van der Waals surface area (Å²) in [6.07, 6.45) is 2.86. The summed E-state index contributed by atoms with van der Waals surface area (Å²) < 4.78 is 57.5. The molecule has 3 aliphatic rings. The van der Waals surface area contributed by atoms with Crippen LogP contribution in [-0.2, 0) is 16.0 Å². The Morgan fingerprint density at radius 3 is 2.91 bits per heavy atom. The molecule has 9 nitrogen and oxygen atoms in total. The molecule has 0 radical (unpaired) electrons. The van der Waals surface area contributed by atoms with Crippen LogP contribution in [0.1, 0.15) is 31.7 Å². The SMILES string of the molecule is CCc1c(F)ccc2cc(O)cc(-c3ncc4c(N5CCOCC(=O)C5)nc(OC[C@@]56CCCN5C[C@H](F)C6)nc4c3F)c12. The number of aromatic nitrogens is 3. The summed E-state index contributed by atoms with van der Waals surface area (Å²) >= 11 is 0. The van der Waals surface area contributed by atoms with Gasteiger partial charge < -0.3 is 19.5 Å². The summed E-state index contributed by atoms with van der Waals surface area (Å²) in [6.45, 7) is 3.60. The Morgan fingerprint density at radius 1 is 1.20 bits per heavy atom. The molecule has 0 amide bonds. The van der Waals surface area contributed by atoms with Crippen molar-refractivity contribution in [3.8, 4) is 23.0 Å². The Kier molecular flexibility index (Phi) is 7.28. The molecule has 12 heteroatoms. The number of nitrogens with zero attached hydrogens (tertiary/aromatic N) is 5. The Hall–Kier alpha value is -4.03. The van der Waals surface area contributed by atoms with E-state index >= 15 is 4.39 Å². The van der Waals surface area contributed by atoms with Gasteiger partial charge in [0.1, 0.15) is 48.0 Å². The number of phenolic OH excluding ortho intramolecular Hbond substituents is 1. The molecular formula is C32H32F3N5O4. The second kappa shape index (κ2) is 11.2. The molecule has 5 heterocycles. The quantitative estimate of drug-likeness (QED) is 0.333. The third kappa shape index (κ3) is 4.89. The van der Waals surface area contributed by atoms with Crippen LogP contribution < -0.4 is 9.64 Å². The van der Waals surface area contributed by atoms with E-state index in [2.05, 4.69) is 19.9 Å². The van der Waals surface area contributed by atoms with Crippen LogP contribution in [0.25, 0.3) is 32.9 Å². The minimum atomic E-state index is -0.948. The second-order valence-electron chi connectivity index (χ2n) is 11.9. The number of aromatic hydroxyl groups is 1. The number of alkyl halides is 1. The largest absolute Gasteiger partial charge is 0.508 e. The molecule has 3 saturated heterocycles. The first-order valence-electron chi connectivity index (χ1n) is 14.9. The maximum atomic E-state index is 16.7. The third-order valence-corrected chi connectivity index (χ3v) is 9.07. The number of phenols is 1. The number of hydrogen-bond donors (Lipinski definition) is 1. The van der Waals surface area contributed by atoms with Gasteiger partial charge in [-0.05, 0) is 60.3 Å². The number of rotatable bonds is 6. The molecule has 0 spiro atoms. The first kappa shape index (κ1) is 28.7. The predicted molar refractivity (Wildman–Crippen MR) is 158 cm³/mol. The van der Waals surface area contributed by atoms with E-state index < -0.39 is 23.3 Å². The van der Waals surface area contributed by atoms with Crippen LogP contribution in [0.2, 0.25) is 0 Å². The van der Waals surface area contributed by atoms with E-state index in [1.54, 1.807) is 11.8 Å². The van der Waals surface area contributed by atoms with Crippen molar-refractivity contribution in [1.82, 2.24) is 19.9 Å². The highest BCUT2D eigenvalue weighted by Crippen LogP contribution is 2.42. The third-order valence-electron chi connectivity index (χ3n) is 9.07. The molecular weight excluding hydrogens is 575 g/mol. The summed E-state index contributed by atoms with van der Waals surface area (Å²) in [6, 6.07) is 5.62. The second-order valence-corrected chi connectivity index (χ2v) is 11.9. The van der Waals surface area contributed by atoms with Crippen molar-refractivity contribution >= 4 is 33.3 Å². The molecule has 4 aromatic rings. The number of carbonyl (C=O) groups excluding carboxylic acids is 1. The van der Waals surface area contributed by atoms with Gasteiger partial charge >= 0.3 is 6.01 Å². The number of carbonyl (C=O) groups is 1. The molecule has 0 unspecified atom stereocenters. The van der Waals surface area contributed by atoms with Crippen LogP contribution in [0, 0.1) is 11.6 Å². The van der Waals surface area contributed by atoms with Crippen molar-refractivity contribution in [2.24, 2.45) is 0 Å². The summed E-state index contributed by atoms with van der Waals surface area (Å²) in [5.41, 5.74) is -0.113. The van der Waals surface area contributed by atoms with Crippen molar-refractivity contribution in [2.45, 2.75) is 44.3 Å². The molecule has 2 aromatic heterocycles. The number of ketones is 1. The van der Waals surface area contributed by atoms with Crippen LogP contribution in [0.3, 0.4) is 0 Å². The highest BCUT2D eigenvalue weighted by Gasteiger charge is 2.49. The van der Waals surface area contributed by atoms with Gasteiger partial charge in [-0.15, -0.1) is 0 Å². The fraction of sp³-hybridized carbons (Fsp3) is 0.438. The van der Waals surface area contributed by atoms with Gasteiger partial charge in [-0.1, -0.05) is 13.0 Å². The van der Waals surface area contributed by atoms with Gasteiger partial charge in [-0.3, -0.25) is 14.7 Å². The number of hydrogen-bond acceptors (Lipinski definition) is 9. The van der Waals surface area contributed by atoms with Crippen LogP contribution >= 0.6 is 0 Å². The van der Waals surface area contributed by atoms with Gasteiger partial charge in [-0.2, -0.15) is 9.97 Å². The first-order valence-corrected chi connectivity index (χ1v) is 14.9. The zero-order valence-corrected chi connectivity index (χ0v) is 24.3. The van der Waals surface area contributed by atoms with Crippen LogP contribution in [0.5, 0.6) is 11.8 Å². The zero-order chi connectivity index (χ0) is 30.6. The summed E-state index contributed by atoms with van der Waals surface area (Å²) in [5.74, 6) is -1.27. The summed E-state index contributed by atoms with van der Waals surface area (Å²) in [7, 11) is 0. The maximum Gasteiger partial charge on any atom is 0.319 e. The number of Topliss-reactive ketones (excluding diaryl/α,β-unsaturated/α-hetero) is 1. The topological polar surface area (TPSA) is 101 Å². The van der Waals surface area contributed by atoms with Gasteiger partial charge in [0.05, 0.1) is 24.1 Å². The van der Waals surface area contributed by atoms with Gasteiger partial charge in [0.25, 0.3) is 0 Å². The number of anilines is 1. The number of benzene rings is 2. The van der Waals surface area contributed by atoms with Crippen molar-refractivity contribution in [3.63, 3.8) is 0 Å². The van der Waals surface area contributed by atoms with Crippen LogP contribution in [-0.4, -0.2) is 88.5 Å². The fourth-order valence-corrected chi connectivity index (χ4v) is 7.07. The van der Waals surface area contributed by atoms with Crippen molar-refractivity contribution in [1.29, 1.82) is 0 Å². The van der Waals surface area contributed by atoms with E-state index in [9.17, 15) is 18.7 Å². The zero-order valence-electron chi connectivity index (χ0n) is 24.3. The Bertz CT molecular complexity index is 1790. The maximum absolute atomic E-state index is 16.7. The number of fused-ring (bicyclic) bond motifs is 3. The molecule has 3 aliphatic heterocycles. The normalized spacial score (nSPS) is 22.6. The smallest absolute Gasteiger partial charge is 0.319 e. The van der Waals surface area contributed by atoms with Gasteiger partial charge in [0.15, 0.2) is 11.6 Å². The average molecular weight is 608 g/mol. The number of pyridine rings is 1. The molecule has 0 aliphatic carbocycles. The molecule has 2 atom stereocenters. The molecule has 0 bridgehead atoms. The van der Waals surface area contributed by atoms with E-state index in [1.165, 1.54) is 30.5 Å². The first-order chi connectivity index (χ1) is 21.3. The molecule has 44 heavy (non-hydrogen) atoms. The lowest BCUT2D eigenvalue weighted by Gasteiger charge is -2.31. The summed E-state index contributed by atoms with van der Waals surface area (Å²) in [5, 5.41) is 11.8. The van der Waals surface area contributed by atoms with Crippen molar-refractivity contribution < 1.29 is 32.5 Å². The van der Waals surface area contributed by atoms with Crippen molar-refractivity contribution in [3.05, 3.63) is 47.7 Å². The molecule has 7 rings (SSSR count). The van der Waals surface area contributed by atoms with E-state index in [0.29, 0.717) is 42.3 Å². The van der Waals surface area contributed by atoms with E-state index in [-0.39, 0.29) is 71.9 Å². The predicted octanol–water partition coefficient (Wildman–Crippen LogP) is 4.75. The van der Waals surface area contributed by atoms with Crippen molar-refractivity contribution in [2.75, 3.05) is 50.9 Å². The number of aryl methyl sites for hydroxylation is 1. The molecule has 2 aromatic carbocycles. The molecule has 230 valence electrons. The van der Waals surface area contributed by atoms with Crippen LogP contribution in [0.15, 0.2) is 30.5 Å². The lowest BCUT2D eigenvalue weighted by molar-refractivity contribution is -0.121. The highest BCUT2D eigenvalue weighted by molar-refractivity contribution is 6.02.